The Balaban J connectivity index is 4.50. The van der Waals surface area contributed by atoms with Crippen molar-refractivity contribution in [2.45, 2.75) is 219 Å². The van der Waals surface area contributed by atoms with Crippen molar-refractivity contribution < 1.29 is 28.6 Å². The summed E-state index contributed by atoms with van der Waals surface area (Å²) in [5, 5.41) is 0. The lowest BCUT2D eigenvalue weighted by Gasteiger charge is -2.18. The minimum Gasteiger partial charge on any atom is -0.462 e. The summed E-state index contributed by atoms with van der Waals surface area (Å²) in [7, 11) is 0. The van der Waals surface area contributed by atoms with Crippen LogP contribution < -0.4 is 0 Å². The summed E-state index contributed by atoms with van der Waals surface area (Å²) in [5.41, 5.74) is 0. The highest BCUT2D eigenvalue weighted by Gasteiger charge is 2.19. The molecule has 0 aromatic heterocycles. The Morgan fingerprint density at radius 3 is 1.02 bits per heavy atom. The van der Waals surface area contributed by atoms with Crippen LogP contribution >= 0.6 is 0 Å². The van der Waals surface area contributed by atoms with Gasteiger partial charge in [0.05, 0.1) is 0 Å². The summed E-state index contributed by atoms with van der Waals surface area (Å²) in [5.74, 6) is -0.969. The van der Waals surface area contributed by atoms with E-state index in [9.17, 15) is 14.4 Å². The largest absolute Gasteiger partial charge is 0.462 e. The number of unbranched alkanes of at least 4 members (excludes halogenated alkanes) is 16. The molecule has 346 valence electrons. The highest BCUT2D eigenvalue weighted by atomic mass is 16.6. The first-order valence-electron chi connectivity index (χ1n) is 24.7. The van der Waals surface area contributed by atoms with Crippen molar-refractivity contribution in [1.82, 2.24) is 0 Å². The normalized spacial score (nSPS) is 12.9. The van der Waals surface area contributed by atoms with Crippen molar-refractivity contribution in [1.29, 1.82) is 0 Å². The second kappa shape index (κ2) is 49.0. The number of ether oxygens (including phenoxy) is 3. The number of esters is 3. The lowest BCUT2D eigenvalue weighted by atomic mass is 10.1. The summed E-state index contributed by atoms with van der Waals surface area (Å²) in [6, 6.07) is 0. The number of rotatable bonds is 43. The molecule has 1 unspecified atom stereocenters. The van der Waals surface area contributed by atoms with Gasteiger partial charge < -0.3 is 14.2 Å². The van der Waals surface area contributed by atoms with Crippen LogP contribution in [0.4, 0.5) is 0 Å². The summed E-state index contributed by atoms with van der Waals surface area (Å²) < 4.78 is 16.7. The third kappa shape index (κ3) is 47.2. The molecule has 0 heterocycles. The van der Waals surface area contributed by atoms with Crippen LogP contribution in [0.1, 0.15) is 213 Å². The van der Waals surface area contributed by atoms with E-state index in [-0.39, 0.29) is 31.1 Å². The van der Waals surface area contributed by atoms with Crippen LogP contribution in [0.5, 0.6) is 0 Å². The van der Waals surface area contributed by atoms with Crippen molar-refractivity contribution in [3.63, 3.8) is 0 Å². The zero-order chi connectivity index (χ0) is 44.4. The zero-order valence-corrected chi connectivity index (χ0v) is 39.4. The highest BCUT2D eigenvalue weighted by Crippen LogP contribution is 2.13. The Kier molecular flexibility index (Phi) is 46.0. The Morgan fingerprint density at radius 1 is 0.344 bits per heavy atom. The Bertz CT molecular complexity index is 1250. The fraction of sp³-hybridized carbons (Fsp3) is 0.655. The van der Waals surface area contributed by atoms with Gasteiger partial charge in [0.1, 0.15) is 13.2 Å². The van der Waals surface area contributed by atoms with E-state index in [1.54, 1.807) is 0 Å². The van der Waals surface area contributed by atoms with Gasteiger partial charge in [-0.2, -0.15) is 0 Å². The molecular weight excluding hydrogens is 757 g/mol. The van der Waals surface area contributed by atoms with Gasteiger partial charge in [-0.05, 0) is 116 Å². The van der Waals surface area contributed by atoms with Gasteiger partial charge in [0, 0.05) is 19.3 Å². The van der Waals surface area contributed by atoms with E-state index in [0.29, 0.717) is 19.3 Å². The van der Waals surface area contributed by atoms with E-state index in [0.717, 1.165) is 148 Å². The smallest absolute Gasteiger partial charge is 0.306 e. The van der Waals surface area contributed by atoms with E-state index in [4.69, 9.17) is 14.2 Å². The molecule has 0 aromatic rings. The predicted octanol–water partition coefficient (Wildman–Crippen LogP) is 16.2. The van der Waals surface area contributed by atoms with Gasteiger partial charge in [-0.15, -0.1) is 0 Å². The van der Waals surface area contributed by atoms with E-state index < -0.39 is 6.10 Å². The van der Waals surface area contributed by atoms with Crippen LogP contribution in [-0.4, -0.2) is 37.2 Å². The second-order valence-electron chi connectivity index (χ2n) is 16.0. The van der Waals surface area contributed by atoms with Gasteiger partial charge in [-0.1, -0.05) is 176 Å². The molecule has 0 spiro atoms. The van der Waals surface area contributed by atoms with Crippen LogP contribution in [0, 0.1) is 0 Å². The first-order chi connectivity index (χ1) is 30.0. The molecule has 0 radical (unpaired) electrons. The molecule has 1 atom stereocenters. The number of carbonyl (C=O) groups excluding carboxylic acids is 3. The minimum absolute atomic E-state index is 0.103. The van der Waals surface area contributed by atoms with Crippen molar-refractivity contribution >= 4 is 17.9 Å². The van der Waals surface area contributed by atoms with Crippen molar-refractivity contribution in [3.8, 4) is 0 Å². The summed E-state index contributed by atoms with van der Waals surface area (Å²) >= 11 is 0. The third-order valence-electron chi connectivity index (χ3n) is 10.1. The maximum atomic E-state index is 12.8. The molecule has 0 aromatic carbocycles. The van der Waals surface area contributed by atoms with E-state index in [1.165, 1.54) is 25.7 Å². The van der Waals surface area contributed by atoms with Crippen LogP contribution in [0.3, 0.4) is 0 Å². The first-order valence-corrected chi connectivity index (χ1v) is 24.7. The first kappa shape index (κ1) is 57.3. The lowest BCUT2D eigenvalue weighted by molar-refractivity contribution is -0.167. The average molecular weight is 847 g/mol. The third-order valence-corrected chi connectivity index (χ3v) is 10.1. The van der Waals surface area contributed by atoms with Crippen LogP contribution in [-0.2, 0) is 28.6 Å². The van der Waals surface area contributed by atoms with E-state index in [2.05, 4.69) is 118 Å². The molecule has 6 nitrogen and oxygen atoms in total. The van der Waals surface area contributed by atoms with Crippen molar-refractivity contribution in [3.05, 3.63) is 97.2 Å². The molecule has 6 heteroatoms. The lowest BCUT2D eigenvalue weighted by Crippen LogP contribution is -2.30. The second-order valence-corrected chi connectivity index (χ2v) is 16.0. The van der Waals surface area contributed by atoms with Gasteiger partial charge in [-0.3, -0.25) is 14.4 Å². The average Bonchev–Trinajstić information content (AvgIpc) is 3.26. The highest BCUT2D eigenvalue weighted by molar-refractivity contribution is 5.71. The zero-order valence-electron chi connectivity index (χ0n) is 39.4. The van der Waals surface area contributed by atoms with E-state index in [1.807, 2.05) is 0 Å². The van der Waals surface area contributed by atoms with Gasteiger partial charge in [0.25, 0.3) is 0 Å². The predicted molar refractivity (Wildman–Crippen MR) is 260 cm³/mol. The van der Waals surface area contributed by atoms with Crippen LogP contribution in [0.2, 0.25) is 0 Å². The van der Waals surface area contributed by atoms with Gasteiger partial charge in [-0.25, -0.2) is 0 Å². The van der Waals surface area contributed by atoms with Gasteiger partial charge in [0.2, 0.25) is 0 Å². The van der Waals surface area contributed by atoms with Crippen LogP contribution in [0.15, 0.2) is 97.2 Å². The number of hydrogen-bond acceptors (Lipinski definition) is 6. The standard InChI is InChI=1S/C55H90O6/c1-4-7-10-13-16-19-22-25-27-30-33-36-39-42-45-48-54(57)60-51-52(50-59-53(56)47-44-41-38-35-32-29-24-21-18-15-12-9-6-3)61-55(58)49-46-43-40-37-34-31-28-26-23-20-17-14-11-8-5-2/h7,9-10,12,16-21,25-29,32,52H,4-6,8,11,13-15,22-24,30-31,33-51H2,1-3H3/b10-7-,12-9-,19-16-,20-17-,21-18-,27-25-,28-26-,32-29-. The van der Waals surface area contributed by atoms with Gasteiger partial charge in [0.15, 0.2) is 6.10 Å². The molecule has 0 fully saturated rings. The summed E-state index contributed by atoms with van der Waals surface area (Å²) in [6.45, 7) is 6.31. The molecule has 0 bridgehead atoms. The fourth-order valence-corrected chi connectivity index (χ4v) is 6.38. The summed E-state index contributed by atoms with van der Waals surface area (Å²) in [6.07, 6.45) is 63.9. The monoisotopic (exact) mass is 847 g/mol. The SMILES string of the molecule is CC/C=C\C/C=C\C/C=C\CCCCCCCC(=O)OCC(COC(=O)CCCCC/C=C\C/C=C\C/C=C\CC)OC(=O)CCCCCCC/C=C\C/C=C\CCCCC. The maximum absolute atomic E-state index is 12.8. The quantitative estimate of drug-likeness (QED) is 0.0263. The molecule has 0 saturated heterocycles. The molecule has 0 N–H and O–H groups in total. The fourth-order valence-electron chi connectivity index (χ4n) is 6.38. The van der Waals surface area contributed by atoms with Crippen molar-refractivity contribution in [2.75, 3.05) is 13.2 Å². The molecule has 61 heavy (non-hydrogen) atoms. The Hall–Kier alpha value is -3.67. The maximum Gasteiger partial charge on any atom is 0.306 e. The molecule has 0 aliphatic heterocycles. The number of hydrogen-bond donors (Lipinski definition) is 0. The van der Waals surface area contributed by atoms with Crippen LogP contribution in [0.25, 0.3) is 0 Å². The van der Waals surface area contributed by atoms with Gasteiger partial charge >= 0.3 is 17.9 Å². The molecule has 0 saturated carbocycles. The molecule has 0 amide bonds. The summed E-state index contributed by atoms with van der Waals surface area (Å²) in [4.78, 5) is 37.9. The topological polar surface area (TPSA) is 78.9 Å². The van der Waals surface area contributed by atoms with E-state index >= 15 is 0 Å². The number of allylic oxidation sites excluding steroid dienone is 16. The Morgan fingerprint density at radius 2 is 0.639 bits per heavy atom. The molecular formula is C55H90O6. The van der Waals surface area contributed by atoms with Crippen molar-refractivity contribution in [2.24, 2.45) is 0 Å². The minimum atomic E-state index is -0.804. The molecule has 0 aliphatic carbocycles. The Labute approximate surface area is 375 Å². The molecule has 0 rings (SSSR count). The molecule has 0 aliphatic rings. The number of carbonyl (C=O) groups is 3.